The van der Waals surface area contributed by atoms with Gasteiger partial charge in [0.05, 0.1) is 21.8 Å². The summed E-state index contributed by atoms with van der Waals surface area (Å²) in [7, 11) is 4.21. The van der Waals surface area contributed by atoms with Crippen LogP contribution in [0, 0.1) is 11.7 Å². The van der Waals surface area contributed by atoms with Gasteiger partial charge in [-0.15, -0.1) is 12.4 Å². The molecule has 4 rings (SSSR count). The van der Waals surface area contributed by atoms with Gasteiger partial charge in [0.25, 0.3) is 0 Å². The summed E-state index contributed by atoms with van der Waals surface area (Å²) in [6.07, 6.45) is 7.31. The Morgan fingerprint density at radius 2 is 2.00 bits per heavy atom. The van der Waals surface area contributed by atoms with Crippen molar-refractivity contribution in [1.29, 1.82) is 0 Å². The SMILES string of the molecule is CC(=O)c1cnc2ccc(-c3cc(F)c(O)c(Cl)c3)cc2c1N[C@H]1CCC[C@H](CCN(C)C)C1.Cl. The fourth-order valence-corrected chi connectivity index (χ4v) is 5.06. The normalized spacial score (nSPS) is 17.9. The van der Waals surface area contributed by atoms with Gasteiger partial charge in [0, 0.05) is 17.6 Å². The molecule has 0 amide bonds. The molecule has 1 fully saturated rings. The van der Waals surface area contributed by atoms with Crippen LogP contribution in [0.3, 0.4) is 0 Å². The van der Waals surface area contributed by atoms with Crippen molar-refractivity contribution >= 4 is 46.4 Å². The van der Waals surface area contributed by atoms with E-state index < -0.39 is 11.6 Å². The van der Waals surface area contributed by atoms with Gasteiger partial charge in [-0.05, 0) is 88.1 Å². The van der Waals surface area contributed by atoms with Crippen LogP contribution in [0.5, 0.6) is 5.75 Å². The first-order valence-corrected chi connectivity index (χ1v) is 12.1. The highest BCUT2D eigenvalue weighted by Gasteiger charge is 2.24. The second-order valence-corrected chi connectivity index (χ2v) is 10.00. The summed E-state index contributed by atoms with van der Waals surface area (Å²) < 4.78 is 14.1. The third kappa shape index (κ3) is 6.24. The number of aromatic nitrogens is 1. The maximum atomic E-state index is 14.1. The number of nitrogens with zero attached hydrogens (tertiary/aromatic N) is 2. The third-order valence-electron chi connectivity index (χ3n) is 6.71. The first kappa shape index (κ1) is 27.2. The summed E-state index contributed by atoms with van der Waals surface area (Å²) in [6.45, 7) is 2.62. The zero-order chi connectivity index (χ0) is 24.4. The highest BCUT2D eigenvalue weighted by atomic mass is 35.5. The monoisotopic (exact) mass is 519 g/mol. The van der Waals surface area contributed by atoms with Crippen LogP contribution in [0.2, 0.25) is 5.02 Å². The predicted molar refractivity (Wildman–Crippen MR) is 144 cm³/mol. The van der Waals surface area contributed by atoms with Crippen molar-refractivity contribution < 1.29 is 14.3 Å². The van der Waals surface area contributed by atoms with Crippen LogP contribution in [-0.4, -0.2) is 47.5 Å². The van der Waals surface area contributed by atoms with Crippen molar-refractivity contribution in [3.63, 3.8) is 0 Å². The fourth-order valence-electron chi connectivity index (χ4n) is 4.86. The van der Waals surface area contributed by atoms with Crippen molar-refractivity contribution in [3.8, 4) is 16.9 Å². The molecule has 188 valence electrons. The van der Waals surface area contributed by atoms with Gasteiger partial charge in [-0.2, -0.15) is 0 Å². The lowest BCUT2D eigenvalue weighted by Gasteiger charge is -2.32. The predicted octanol–water partition coefficient (Wildman–Crippen LogP) is 6.95. The molecule has 1 aliphatic rings. The first-order valence-electron chi connectivity index (χ1n) is 11.8. The highest BCUT2D eigenvalue weighted by Crippen LogP contribution is 2.37. The summed E-state index contributed by atoms with van der Waals surface area (Å²) in [4.78, 5) is 19.2. The highest BCUT2D eigenvalue weighted by molar-refractivity contribution is 6.32. The summed E-state index contributed by atoms with van der Waals surface area (Å²) in [5.74, 6) is -0.737. The number of rotatable bonds is 7. The molecule has 1 saturated carbocycles. The van der Waals surface area contributed by atoms with Crippen molar-refractivity contribution in [1.82, 2.24) is 9.88 Å². The van der Waals surface area contributed by atoms with Crippen LogP contribution >= 0.6 is 24.0 Å². The van der Waals surface area contributed by atoms with E-state index >= 15 is 0 Å². The van der Waals surface area contributed by atoms with Gasteiger partial charge in [-0.1, -0.05) is 30.5 Å². The number of hydrogen-bond acceptors (Lipinski definition) is 5. The van der Waals surface area contributed by atoms with E-state index in [-0.39, 0.29) is 29.3 Å². The number of anilines is 1. The molecule has 1 aliphatic carbocycles. The molecule has 2 N–H and O–H groups in total. The molecule has 0 unspecified atom stereocenters. The zero-order valence-electron chi connectivity index (χ0n) is 20.3. The Bertz CT molecular complexity index is 1200. The van der Waals surface area contributed by atoms with E-state index in [2.05, 4.69) is 29.3 Å². The third-order valence-corrected chi connectivity index (χ3v) is 7.00. The summed E-state index contributed by atoms with van der Waals surface area (Å²) >= 11 is 6.01. The average molecular weight is 520 g/mol. The Kier molecular flexibility index (Phi) is 8.97. The first-order chi connectivity index (χ1) is 16.2. The maximum Gasteiger partial charge on any atom is 0.170 e. The number of aromatic hydroxyl groups is 1. The van der Waals surface area contributed by atoms with E-state index in [1.54, 1.807) is 13.1 Å². The van der Waals surface area contributed by atoms with Gasteiger partial charge >= 0.3 is 0 Å². The summed E-state index contributed by atoms with van der Waals surface area (Å²) in [5.41, 5.74) is 3.36. The molecular weight excluding hydrogens is 488 g/mol. The maximum absolute atomic E-state index is 14.1. The molecule has 8 heteroatoms. The molecule has 0 saturated heterocycles. The number of carbonyl (C=O) groups is 1. The number of pyridine rings is 1. The van der Waals surface area contributed by atoms with Crippen LogP contribution in [0.25, 0.3) is 22.0 Å². The molecule has 3 aromatic rings. The number of phenols is 1. The molecule has 0 aliphatic heterocycles. The lowest BCUT2D eigenvalue weighted by atomic mass is 9.83. The molecule has 2 aromatic carbocycles. The number of phenolic OH excluding ortho intramolecular Hbond substituents is 1. The number of halogens is 3. The molecular formula is C27H32Cl2FN3O2. The van der Waals surface area contributed by atoms with Gasteiger partial charge < -0.3 is 15.3 Å². The van der Waals surface area contributed by atoms with E-state index in [4.69, 9.17) is 11.6 Å². The smallest absolute Gasteiger partial charge is 0.170 e. The van der Waals surface area contributed by atoms with Gasteiger partial charge in [-0.3, -0.25) is 9.78 Å². The Balaban J connectivity index is 0.00000342. The fraction of sp³-hybridized carbons (Fsp3) is 0.407. The number of carbonyl (C=O) groups excluding carboxylic acids is 1. The van der Waals surface area contributed by atoms with Gasteiger partial charge in [0.15, 0.2) is 17.3 Å². The Hall–Kier alpha value is -2.41. The Morgan fingerprint density at radius 3 is 2.69 bits per heavy atom. The number of Topliss-reactive ketones (excluding diaryl/α,β-unsaturated/α-hetero) is 1. The Morgan fingerprint density at radius 1 is 1.23 bits per heavy atom. The quantitative estimate of drug-likeness (QED) is 0.330. The standard InChI is InChI=1S/C27H31ClFN3O2.ClH/c1-16(33)22-15-30-25-8-7-18(19-13-23(28)27(34)24(29)14-19)12-21(25)26(22)31-20-6-4-5-17(11-20)9-10-32(2)3;/h7-8,12-15,17,20,34H,4-6,9-11H2,1-3H3,(H,30,31);1H/t17-,20+;/m1./s1. The van der Waals surface area contributed by atoms with Crippen LogP contribution in [-0.2, 0) is 0 Å². The lowest BCUT2D eigenvalue weighted by molar-refractivity contribution is 0.101. The number of fused-ring (bicyclic) bond motifs is 1. The minimum absolute atomic E-state index is 0. The number of ketones is 1. The zero-order valence-corrected chi connectivity index (χ0v) is 21.8. The number of benzene rings is 2. The molecule has 0 radical (unpaired) electrons. The topological polar surface area (TPSA) is 65.5 Å². The van der Waals surface area contributed by atoms with Crippen LogP contribution in [0.1, 0.15) is 49.4 Å². The van der Waals surface area contributed by atoms with Crippen molar-refractivity contribution in [2.75, 3.05) is 26.0 Å². The Labute approximate surface area is 217 Å². The number of nitrogens with one attached hydrogen (secondary N) is 1. The van der Waals surface area contributed by atoms with E-state index in [9.17, 15) is 14.3 Å². The number of hydrogen-bond donors (Lipinski definition) is 2. The molecule has 35 heavy (non-hydrogen) atoms. The largest absolute Gasteiger partial charge is 0.504 e. The van der Waals surface area contributed by atoms with Crippen molar-refractivity contribution in [3.05, 3.63) is 52.9 Å². The van der Waals surface area contributed by atoms with Crippen LogP contribution in [0.4, 0.5) is 10.1 Å². The van der Waals surface area contributed by atoms with Gasteiger partial charge in [0.1, 0.15) is 0 Å². The van der Waals surface area contributed by atoms with E-state index in [1.165, 1.54) is 25.0 Å². The molecule has 0 spiro atoms. The van der Waals surface area contributed by atoms with Gasteiger partial charge in [0.2, 0.25) is 0 Å². The lowest BCUT2D eigenvalue weighted by Crippen LogP contribution is -2.29. The summed E-state index contributed by atoms with van der Waals surface area (Å²) in [6, 6.07) is 8.67. The van der Waals surface area contributed by atoms with Crippen molar-refractivity contribution in [2.24, 2.45) is 5.92 Å². The van der Waals surface area contributed by atoms with E-state index in [1.807, 2.05) is 18.2 Å². The minimum atomic E-state index is -0.775. The second kappa shape index (κ2) is 11.5. The minimum Gasteiger partial charge on any atom is -0.504 e. The van der Waals surface area contributed by atoms with E-state index in [0.717, 1.165) is 48.0 Å². The average Bonchev–Trinajstić information content (AvgIpc) is 2.81. The van der Waals surface area contributed by atoms with Crippen LogP contribution < -0.4 is 5.32 Å². The van der Waals surface area contributed by atoms with Crippen LogP contribution in [0.15, 0.2) is 36.5 Å². The van der Waals surface area contributed by atoms with Gasteiger partial charge in [-0.25, -0.2) is 4.39 Å². The molecule has 2 atom stereocenters. The molecule has 5 nitrogen and oxygen atoms in total. The second-order valence-electron chi connectivity index (χ2n) is 9.59. The van der Waals surface area contributed by atoms with Crippen molar-refractivity contribution in [2.45, 2.75) is 45.1 Å². The summed E-state index contributed by atoms with van der Waals surface area (Å²) in [5, 5.41) is 14.1. The molecule has 1 heterocycles. The molecule has 0 bridgehead atoms. The van der Waals surface area contributed by atoms with E-state index in [0.29, 0.717) is 17.0 Å². The molecule has 1 aromatic heterocycles.